The highest BCUT2D eigenvalue weighted by molar-refractivity contribution is 5.77. The van der Waals surface area contributed by atoms with Crippen LogP contribution >= 0.6 is 0 Å². The van der Waals surface area contributed by atoms with Gasteiger partial charge in [-0.05, 0) is 69.6 Å². The van der Waals surface area contributed by atoms with Gasteiger partial charge in [-0.1, -0.05) is 13.8 Å². The van der Waals surface area contributed by atoms with Crippen LogP contribution in [-0.4, -0.2) is 65.1 Å². The number of fused-ring (bicyclic) bond motifs is 1. The van der Waals surface area contributed by atoms with Crippen molar-refractivity contribution in [2.24, 2.45) is 22.7 Å². The number of amides is 2. The van der Waals surface area contributed by atoms with Crippen LogP contribution in [0, 0.1) is 22.7 Å². The summed E-state index contributed by atoms with van der Waals surface area (Å²) in [6, 6.07) is -0.0162. The first-order valence-electron chi connectivity index (χ1n) is 11.7. The lowest BCUT2D eigenvalue weighted by atomic mass is 9.46. The Morgan fingerprint density at radius 1 is 1.17 bits per heavy atom. The van der Waals surface area contributed by atoms with E-state index >= 15 is 0 Å². The molecule has 2 saturated carbocycles. The first-order chi connectivity index (χ1) is 14.1. The fraction of sp³-hybridized carbons (Fsp3) is 0.913. The molecule has 3 rings (SSSR count). The average molecular weight is 425 g/mol. The van der Waals surface area contributed by atoms with Gasteiger partial charge in [-0.2, -0.15) is 0 Å². The van der Waals surface area contributed by atoms with Crippen molar-refractivity contribution in [2.75, 3.05) is 19.7 Å². The Morgan fingerprint density at radius 2 is 1.83 bits per heavy atom. The summed E-state index contributed by atoms with van der Waals surface area (Å²) in [5, 5.41) is 24.1. The van der Waals surface area contributed by atoms with Gasteiger partial charge in [-0.15, -0.1) is 0 Å². The Bertz CT molecular complexity index is 635. The van der Waals surface area contributed by atoms with Crippen molar-refractivity contribution in [1.29, 1.82) is 0 Å². The Labute approximate surface area is 180 Å². The van der Waals surface area contributed by atoms with Gasteiger partial charge in [0.05, 0.1) is 12.7 Å². The molecular formula is C23H40N2O5. The van der Waals surface area contributed by atoms with Gasteiger partial charge in [-0.3, -0.25) is 4.79 Å². The number of hydrogen-bond donors (Lipinski definition) is 3. The van der Waals surface area contributed by atoms with Crippen LogP contribution in [-0.2, 0) is 9.53 Å². The van der Waals surface area contributed by atoms with Crippen molar-refractivity contribution in [3.05, 3.63) is 0 Å². The lowest BCUT2D eigenvalue weighted by Gasteiger charge is -2.60. The van der Waals surface area contributed by atoms with Crippen LogP contribution in [0.5, 0.6) is 0 Å². The van der Waals surface area contributed by atoms with E-state index in [4.69, 9.17) is 4.74 Å². The summed E-state index contributed by atoms with van der Waals surface area (Å²) in [6.07, 6.45) is 3.88. The molecule has 1 saturated heterocycles. The molecule has 3 N–H and O–H groups in total. The number of ether oxygens (including phenoxy) is 1. The van der Waals surface area contributed by atoms with Gasteiger partial charge in [0.15, 0.2) is 0 Å². The number of alkyl carbamates (subject to hydrolysis) is 1. The van der Waals surface area contributed by atoms with Gasteiger partial charge in [0.1, 0.15) is 6.10 Å². The van der Waals surface area contributed by atoms with Crippen molar-refractivity contribution in [3.63, 3.8) is 0 Å². The zero-order valence-electron chi connectivity index (χ0n) is 19.0. The molecule has 0 bridgehead atoms. The van der Waals surface area contributed by atoms with Crippen molar-refractivity contribution in [2.45, 2.75) is 90.9 Å². The van der Waals surface area contributed by atoms with Crippen LogP contribution in [0.2, 0.25) is 0 Å². The van der Waals surface area contributed by atoms with Crippen LogP contribution < -0.4 is 5.32 Å². The fourth-order valence-electron chi connectivity index (χ4n) is 6.46. The quantitative estimate of drug-likeness (QED) is 0.630. The third-order valence-corrected chi connectivity index (χ3v) is 8.19. The van der Waals surface area contributed by atoms with Gasteiger partial charge < -0.3 is 25.2 Å². The van der Waals surface area contributed by atoms with Crippen LogP contribution in [0.25, 0.3) is 0 Å². The molecule has 3 aliphatic rings. The van der Waals surface area contributed by atoms with E-state index in [0.717, 1.165) is 38.8 Å². The highest BCUT2D eigenvalue weighted by Crippen LogP contribution is 2.61. The Kier molecular flexibility index (Phi) is 7.02. The second-order valence-corrected chi connectivity index (χ2v) is 10.5. The minimum Gasteiger partial charge on any atom is -0.446 e. The number of nitrogens with zero attached hydrogens (tertiary/aromatic N) is 1. The Hall–Kier alpha value is -1.34. The molecule has 7 nitrogen and oxygen atoms in total. The van der Waals surface area contributed by atoms with E-state index in [1.165, 1.54) is 0 Å². The molecular weight excluding hydrogens is 384 g/mol. The first-order valence-corrected chi connectivity index (χ1v) is 11.7. The zero-order valence-corrected chi connectivity index (χ0v) is 19.0. The van der Waals surface area contributed by atoms with Crippen LogP contribution in [0.15, 0.2) is 0 Å². The maximum atomic E-state index is 12.9. The average Bonchev–Trinajstić information content (AvgIpc) is 3.21. The van der Waals surface area contributed by atoms with Gasteiger partial charge in [0, 0.05) is 31.0 Å². The number of likely N-dealkylation sites (tertiary alicyclic amines) is 1. The SMILES string of the molecule is CC(C)NC(=O)O[C@@H]1CC[C@]2(C)[C@H](CC[C@@H](O)[C@H]2CC(=O)N2CCCC2)[C@]1(C)CO. The van der Waals surface area contributed by atoms with E-state index in [1.54, 1.807) is 0 Å². The van der Waals surface area contributed by atoms with Crippen LogP contribution in [0.4, 0.5) is 4.79 Å². The van der Waals surface area contributed by atoms with Gasteiger partial charge >= 0.3 is 6.09 Å². The van der Waals surface area contributed by atoms with E-state index in [0.29, 0.717) is 19.3 Å². The van der Waals surface area contributed by atoms with Crippen molar-refractivity contribution < 1.29 is 24.5 Å². The molecule has 172 valence electrons. The predicted molar refractivity (Wildman–Crippen MR) is 114 cm³/mol. The number of carbonyl (C=O) groups is 2. The molecule has 0 unspecified atom stereocenters. The number of carbonyl (C=O) groups excluding carboxylic acids is 2. The molecule has 0 aromatic rings. The molecule has 0 aromatic carbocycles. The maximum absolute atomic E-state index is 12.9. The van der Waals surface area contributed by atoms with E-state index in [9.17, 15) is 19.8 Å². The monoisotopic (exact) mass is 424 g/mol. The second-order valence-electron chi connectivity index (χ2n) is 10.5. The Morgan fingerprint density at radius 3 is 2.43 bits per heavy atom. The number of aliphatic hydroxyl groups excluding tert-OH is 2. The summed E-state index contributed by atoms with van der Waals surface area (Å²) in [4.78, 5) is 27.1. The third kappa shape index (κ3) is 4.33. The minimum atomic E-state index is -0.601. The number of hydrogen-bond acceptors (Lipinski definition) is 5. The number of aliphatic hydroxyl groups is 2. The van der Waals surface area contributed by atoms with Crippen molar-refractivity contribution in [1.82, 2.24) is 10.2 Å². The zero-order chi connectivity index (χ0) is 22.1. The summed E-state index contributed by atoms with van der Waals surface area (Å²) >= 11 is 0. The fourth-order valence-corrected chi connectivity index (χ4v) is 6.46. The third-order valence-electron chi connectivity index (χ3n) is 8.19. The molecule has 0 radical (unpaired) electrons. The second kappa shape index (κ2) is 9.03. The van der Waals surface area contributed by atoms with Crippen molar-refractivity contribution >= 4 is 12.0 Å². The summed E-state index contributed by atoms with van der Waals surface area (Å²) in [6.45, 7) is 9.48. The molecule has 7 heteroatoms. The van der Waals surface area contributed by atoms with Crippen LogP contribution in [0.1, 0.15) is 72.6 Å². The van der Waals surface area contributed by atoms with Gasteiger partial charge in [0.25, 0.3) is 0 Å². The van der Waals surface area contributed by atoms with E-state index in [1.807, 2.05) is 25.7 Å². The van der Waals surface area contributed by atoms with E-state index in [-0.39, 0.29) is 41.9 Å². The standard InChI is InChI=1S/C23H40N2O5/c1-15(2)24-21(29)30-19-9-10-22(3)16(13-20(28)25-11-5-6-12-25)17(27)7-8-18(22)23(19,4)14-26/h15-19,26-27H,5-14H2,1-4H3,(H,24,29)/t16-,17-,18+,19-,22+,23+/m1/s1. The predicted octanol–water partition coefficient (Wildman–Crippen LogP) is 2.69. The smallest absolute Gasteiger partial charge is 0.407 e. The molecule has 2 aliphatic carbocycles. The van der Waals surface area contributed by atoms with Gasteiger partial charge in [0.2, 0.25) is 5.91 Å². The summed E-state index contributed by atoms with van der Waals surface area (Å²) in [7, 11) is 0. The molecule has 3 fully saturated rings. The molecule has 1 heterocycles. The Balaban J connectivity index is 1.80. The topological polar surface area (TPSA) is 99.1 Å². The first kappa shape index (κ1) is 23.3. The lowest BCUT2D eigenvalue weighted by molar-refractivity contribution is -0.187. The summed E-state index contributed by atoms with van der Waals surface area (Å²) < 4.78 is 5.78. The molecule has 0 spiro atoms. The summed E-state index contributed by atoms with van der Waals surface area (Å²) in [5.41, 5.74) is -0.880. The lowest BCUT2D eigenvalue weighted by Crippen LogP contribution is -2.61. The van der Waals surface area contributed by atoms with E-state index in [2.05, 4.69) is 12.2 Å². The summed E-state index contributed by atoms with van der Waals surface area (Å²) in [5.74, 6) is 0.0693. The van der Waals surface area contributed by atoms with E-state index < -0.39 is 17.6 Å². The van der Waals surface area contributed by atoms with Crippen LogP contribution in [0.3, 0.4) is 0 Å². The molecule has 2 amide bonds. The van der Waals surface area contributed by atoms with Gasteiger partial charge in [-0.25, -0.2) is 4.79 Å². The largest absolute Gasteiger partial charge is 0.446 e. The molecule has 30 heavy (non-hydrogen) atoms. The minimum absolute atomic E-state index is 0.0162. The number of nitrogens with one attached hydrogen (secondary N) is 1. The maximum Gasteiger partial charge on any atom is 0.407 e. The highest BCUT2D eigenvalue weighted by Gasteiger charge is 2.60. The molecule has 6 atom stereocenters. The number of rotatable bonds is 5. The molecule has 0 aromatic heterocycles. The molecule has 1 aliphatic heterocycles. The normalized spacial score (nSPS) is 39.0. The van der Waals surface area contributed by atoms with Crippen molar-refractivity contribution in [3.8, 4) is 0 Å². The highest BCUT2D eigenvalue weighted by atomic mass is 16.6.